The summed E-state index contributed by atoms with van der Waals surface area (Å²) in [6, 6.07) is 12.4. The molecule has 1 aromatic heterocycles. The van der Waals surface area contributed by atoms with E-state index in [2.05, 4.69) is 26.2 Å². The normalized spacial score (nSPS) is 14.3. The molecular weight excluding hydrogens is 421 g/mol. The molecule has 28 heavy (non-hydrogen) atoms. The molecule has 1 fully saturated rings. The molecule has 3 aromatic rings. The van der Waals surface area contributed by atoms with Gasteiger partial charge in [0.25, 0.3) is 5.91 Å². The number of halogens is 2. The van der Waals surface area contributed by atoms with E-state index in [1.165, 1.54) is 12.1 Å². The molecule has 144 valence electrons. The SMILES string of the molecule is O=C(c1cnc2ccc(F)cc2c1NCc1ccc(Br)cc1)N1CCCCC1. The Morgan fingerprint density at radius 1 is 1.11 bits per heavy atom. The molecule has 2 heterocycles. The van der Waals surface area contributed by atoms with Gasteiger partial charge in [-0.15, -0.1) is 0 Å². The predicted octanol–water partition coefficient (Wildman–Crippen LogP) is 5.37. The summed E-state index contributed by atoms with van der Waals surface area (Å²) in [7, 11) is 0. The minimum atomic E-state index is -0.344. The second-order valence-corrected chi connectivity index (χ2v) is 7.96. The maximum atomic E-state index is 14.0. The highest BCUT2D eigenvalue weighted by atomic mass is 79.9. The molecule has 4 nitrogen and oxygen atoms in total. The monoisotopic (exact) mass is 441 g/mol. The van der Waals surface area contributed by atoms with Crippen LogP contribution in [0.1, 0.15) is 35.2 Å². The van der Waals surface area contributed by atoms with Gasteiger partial charge in [0.15, 0.2) is 0 Å². The molecule has 1 aliphatic rings. The van der Waals surface area contributed by atoms with Crippen LogP contribution in [0, 0.1) is 5.82 Å². The van der Waals surface area contributed by atoms with Crippen LogP contribution in [-0.2, 0) is 6.54 Å². The molecule has 1 saturated heterocycles. The zero-order valence-corrected chi connectivity index (χ0v) is 17.0. The van der Waals surface area contributed by atoms with Crippen LogP contribution in [0.4, 0.5) is 10.1 Å². The number of fused-ring (bicyclic) bond motifs is 1. The van der Waals surface area contributed by atoms with Crippen LogP contribution in [-0.4, -0.2) is 28.9 Å². The fraction of sp³-hybridized carbons (Fsp3) is 0.273. The number of hydrogen-bond donors (Lipinski definition) is 1. The maximum absolute atomic E-state index is 14.0. The predicted molar refractivity (Wildman–Crippen MR) is 113 cm³/mol. The summed E-state index contributed by atoms with van der Waals surface area (Å²) in [5.41, 5.74) is 2.87. The van der Waals surface area contributed by atoms with Gasteiger partial charge >= 0.3 is 0 Å². The lowest BCUT2D eigenvalue weighted by molar-refractivity contribution is 0.0725. The van der Waals surface area contributed by atoms with E-state index in [4.69, 9.17) is 0 Å². The van der Waals surface area contributed by atoms with Crippen molar-refractivity contribution in [3.8, 4) is 0 Å². The van der Waals surface area contributed by atoms with Crippen LogP contribution in [0.5, 0.6) is 0 Å². The highest BCUT2D eigenvalue weighted by Crippen LogP contribution is 2.29. The summed E-state index contributed by atoms with van der Waals surface area (Å²) in [5.74, 6) is -0.389. The quantitative estimate of drug-likeness (QED) is 0.591. The van der Waals surface area contributed by atoms with Crippen molar-refractivity contribution in [2.24, 2.45) is 0 Å². The van der Waals surface area contributed by atoms with E-state index in [1.807, 2.05) is 29.2 Å². The van der Waals surface area contributed by atoms with Gasteiger partial charge in [0.2, 0.25) is 0 Å². The Balaban J connectivity index is 1.72. The number of amides is 1. The van der Waals surface area contributed by atoms with Crippen LogP contribution in [0.3, 0.4) is 0 Å². The number of carbonyl (C=O) groups excluding carboxylic acids is 1. The fourth-order valence-electron chi connectivity index (χ4n) is 3.58. The van der Waals surface area contributed by atoms with E-state index in [1.54, 1.807) is 12.3 Å². The average molecular weight is 442 g/mol. The average Bonchev–Trinajstić information content (AvgIpc) is 2.73. The topological polar surface area (TPSA) is 45.2 Å². The van der Waals surface area contributed by atoms with Gasteiger partial charge in [-0.2, -0.15) is 0 Å². The molecule has 0 bridgehead atoms. The van der Waals surface area contributed by atoms with Crippen molar-refractivity contribution >= 4 is 38.4 Å². The number of benzene rings is 2. The van der Waals surface area contributed by atoms with Gasteiger partial charge in [0, 0.05) is 35.7 Å². The lowest BCUT2D eigenvalue weighted by Gasteiger charge is -2.27. The summed E-state index contributed by atoms with van der Waals surface area (Å²) >= 11 is 3.44. The van der Waals surface area contributed by atoms with Crippen molar-refractivity contribution < 1.29 is 9.18 Å². The minimum Gasteiger partial charge on any atom is -0.380 e. The van der Waals surface area contributed by atoms with Gasteiger partial charge < -0.3 is 10.2 Å². The van der Waals surface area contributed by atoms with Gasteiger partial charge in [-0.1, -0.05) is 28.1 Å². The lowest BCUT2D eigenvalue weighted by Crippen LogP contribution is -2.36. The van der Waals surface area contributed by atoms with Crippen LogP contribution in [0.25, 0.3) is 10.9 Å². The Labute approximate surface area is 171 Å². The van der Waals surface area contributed by atoms with Crippen LogP contribution in [0.15, 0.2) is 53.1 Å². The standard InChI is InChI=1S/C22H21BrFN3O/c23-16-6-4-15(5-7-16)13-26-21-18-12-17(24)8-9-20(18)25-14-19(21)22(28)27-10-2-1-3-11-27/h4-9,12,14H,1-3,10-11,13H2,(H,25,26). The van der Waals surface area contributed by atoms with Gasteiger partial charge in [-0.25, -0.2) is 4.39 Å². The third kappa shape index (κ3) is 4.02. The Morgan fingerprint density at radius 2 is 1.86 bits per heavy atom. The highest BCUT2D eigenvalue weighted by molar-refractivity contribution is 9.10. The van der Waals surface area contributed by atoms with Crippen molar-refractivity contribution in [3.05, 3.63) is 70.1 Å². The molecule has 0 radical (unpaired) electrons. The molecule has 1 aliphatic heterocycles. The first kappa shape index (κ1) is 18.9. The van der Waals surface area contributed by atoms with Crippen molar-refractivity contribution in [2.45, 2.75) is 25.8 Å². The number of piperidine rings is 1. The molecule has 0 spiro atoms. The van der Waals surface area contributed by atoms with Gasteiger partial charge in [-0.05, 0) is 55.2 Å². The Morgan fingerprint density at radius 3 is 2.61 bits per heavy atom. The number of anilines is 1. The van der Waals surface area contributed by atoms with Crippen LogP contribution in [0.2, 0.25) is 0 Å². The summed E-state index contributed by atoms with van der Waals surface area (Å²) < 4.78 is 15.0. The Bertz CT molecular complexity index is 1000. The molecule has 1 amide bonds. The number of likely N-dealkylation sites (tertiary alicyclic amines) is 1. The zero-order valence-electron chi connectivity index (χ0n) is 15.4. The largest absolute Gasteiger partial charge is 0.380 e. The number of rotatable bonds is 4. The molecule has 0 saturated carbocycles. The van der Waals surface area contributed by atoms with Crippen LogP contribution >= 0.6 is 15.9 Å². The zero-order chi connectivity index (χ0) is 19.5. The number of pyridine rings is 1. The molecular formula is C22H21BrFN3O. The molecule has 6 heteroatoms. The summed E-state index contributed by atoms with van der Waals surface area (Å²) in [6.07, 6.45) is 4.80. The second kappa shape index (κ2) is 8.27. The van der Waals surface area contributed by atoms with Crippen molar-refractivity contribution in [2.75, 3.05) is 18.4 Å². The molecule has 4 rings (SSSR count). The van der Waals surface area contributed by atoms with E-state index >= 15 is 0 Å². The maximum Gasteiger partial charge on any atom is 0.257 e. The molecule has 0 unspecified atom stereocenters. The smallest absolute Gasteiger partial charge is 0.257 e. The van der Waals surface area contributed by atoms with Gasteiger partial charge in [-0.3, -0.25) is 9.78 Å². The molecule has 0 atom stereocenters. The molecule has 1 N–H and O–H groups in total. The molecule has 2 aromatic carbocycles. The van der Waals surface area contributed by atoms with Gasteiger partial charge in [0.1, 0.15) is 5.82 Å². The minimum absolute atomic E-state index is 0.0448. The number of hydrogen-bond acceptors (Lipinski definition) is 3. The van der Waals surface area contributed by atoms with Crippen LogP contribution < -0.4 is 5.32 Å². The van der Waals surface area contributed by atoms with Gasteiger partial charge in [0.05, 0.1) is 16.8 Å². The van der Waals surface area contributed by atoms with E-state index in [0.29, 0.717) is 28.7 Å². The summed E-state index contributed by atoms with van der Waals surface area (Å²) in [5, 5.41) is 3.99. The highest BCUT2D eigenvalue weighted by Gasteiger charge is 2.23. The van der Waals surface area contributed by atoms with E-state index in [9.17, 15) is 9.18 Å². The Kier molecular flexibility index (Phi) is 5.57. The van der Waals surface area contributed by atoms with Crippen molar-refractivity contribution in [1.29, 1.82) is 0 Å². The Hall–Kier alpha value is -2.47. The second-order valence-electron chi connectivity index (χ2n) is 7.04. The lowest BCUT2D eigenvalue weighted by atomic mass is 10.1. The molecule has 0 aliphatic carbocycles. The van der Waals surface area contributed by atoms with E-state index in [0.717, 1.165) is 42.4 Å². The summed E-state index contributed by atoms with van der Waals surface area (Å²) in [4.78, 5) is 19.4. The third-order valence-corrected chi connectivity index (χ3v) is 5.61. The first-order valence-corrected chi connectivity index (χ1v) is 10.3. The van der Waals surface area contributed by atoms with E-state index in [-0.39, 0.29) is 11.7 Å². The first-order chi connectivity index (χ1) is 13.6. The third-order valence-electron chi connectivity index (χ3n) is 5.09. The fourth-order valence-corrected chi connectivity index (χ4v) is 3.84. The number of aromatic nitrogens is 1. The number of nitrogens with zero attached hydrogens (tertiary/aromatic N) is 2. The first-order valence-electron chi connectivity index (χ1n) is 9.48. The number of nitrogens with one attached hydrogen (secondary N) is 1. The number of carbonyl (C=O) groups is 1. The van der Waals surface area contributed by atoms with E-state index < -0.39 is 0 Å². The van der Waals surface area contributed by atoms with Crippen molar-refractivity contribution in [1.82, 2.24) is 9.88 Å². The van der Waals surface area contributed by atoms with Crippen molar-refractivity contribution in [3.63, 3.8) is 0 Å². The summed E-state index contributed by atoms with van der Waals surface area (Å²) in [6.45, 7) is 2.04.